The molecule has 0 aliphatic rings. The first-order valence-electron chi connectivity index (χ1n) is 5.69. The second-order valence-electron chi connectivity index (χ2n) is 4.46. The van der Waals surface area contributed by atoms with Crippen LogP contribution in [-0.2, 0) is 4.79 Å². The number of ketones is 1. The van der Waals surface area contributed by atoms with Crippen molar-refractivity contribution in [2.24, 2.45) is 10.9 Å². The van der Waals surface area contributed by atoms with E-state index >= 15 is 0 Å². The number of hydrogen-bond acceptors (Lipinski definition) is 2. The van der Waals surface area contributed by atoms with E-state index in [1.165, 1.54) is 0 Å². The highest BCUT2D eigenvalue weighted by molar-refractivity contribution is 6.46. The minimum absolute atomic E-state index is 0.0160. The summed E-state index contributed by atoms with van der Waals surface area (Å²) in [5.41, 5.74) is 1.51. The maximum Gasteiger partial charge on any atom is 0.183 e. The summed E-state index contributed by atoms with van der Waals surface area (Å²) in [5.74, 6) is 0.0950. The van der Waals surface area contributed by atoms with E-state index in [0.29, 0.717) is 5.71 Å². The van der Waals surface area contributed by atoms with Crippen molar-refractivity contribution >= 4 is 11.5 Å². The molecule has 1 rings (SSSR count). The Labute approximate surface area is 97.4 Å². The van der Waals surface area contributed by atoms with Crippen LogP contribution in [0.5, 0.6) is 0 Å². The topological polar surface area (TPSA) is 29.4 Å². The van der Waals surface area contributed by atoms with Gasteiger partial charge in [-0.15, -0.1) is 0 Å². The number of rotatable bonds is 4. The van der Waals surface area contributed by atoms with E-state index < -0.39 is 0 Å². The molecule has 0 heterocycles. The Balaban J connectivity index is 3.12. The van der Waals surface area contributed by atoms with Gasteiger partial charge in [-0.3, -0.25) is 9.79 Å². The average Bonchev–Trinajstić information content (AvgIpc) is 2.26. The molecule has 16 heavy (non-hydrogen) atoms. The molecular weight excluding hydrogens is 198 g/mol. The fourth-order valence-electron chi connectivity index (χ4n) is 1.41. The van der Waals surface area contributed by atoms with Crippen LogP contribution in [-0.4, -0.2) is 17.5 Å². The van der Waals surface area contributed by atoms with Gasteiger partial charge >= 0.3 is 0 Å². The maximum absolute atomic E-state index is 12.0. The second kappa shape index (κ2) is 5.59. The third-order valence-corrected chi connectivity index (χ3v) is 2.19. The van der Waals surface area contributed by atoms with Crippen LogP contribution in [0, 0.1) is 5.92 Å². The molecule has 0 aromatic heterocycles. The third kappa shape index (κ3) is 3.30. The predicted octanol–water partition coefficient (Wildman–Crippen LogP) is 3.11. The summed E-state index contributed by atoms with van der Waals surface area (Å²) in [7, 11) is 0. The van der Waals surface area contributed by atoms with Gasteiger partial charge in [-0.25, -0.2) is 0 Å². The average molecular weight is 217 g/mol. The van der Waals surface area contributed by atoms with Crippen molar-refractivity contribution in [2.75, 3.05) is 0 Å². The molecular formula is C14H19NO. The standard InChI is InChI=1S/C14H19NO/c1-10(2)14(16)13(15-11(3)4)12-8-6-5-7-9-12/h5-11H,1-4H3. The van der Waals surface area contributed by atoms with Crippen LogP contribution in [0.15, 0.2) is 35.3 Å². The number of benzene rings is 1. The molecule has 1 aromatic carbocycles. The normalized spacial score (nSPS) is 12.2. The maximum atomic E-state index is 12.0. The minimum Gasteiger partial charge on any atom is -0.292 e. The van der Waals surface area contributed by atoms with E-state index in [0.717, 1.165) is 5.56 Å². The molecule has 86 valence electrons. The molecule has 0 saturated carbocycles. The summed E-state index contributed by atoms with van der Waals surface area (Å²) < 4.78 is 0. The zero-order valence-electron chi connectivity index (χ0n) is 10.4. The van der Waals surface area contributed by atoms with E-state index in [2.05, 4.69) is 4.99 Å². The van der Waals surface area contributed by atoms with Crippen molar-refractivity contribution in [3.63, 3.8) is 0 Å². The van der Waals surface area contributed by atoms with Gasteiger partial charge < -0.3 is 0 Å². The van der Waals surface area contributed by atoms with Crippen LogP contribution >= 0.6 is 0 Å². The van der Waals surface area contributed by atoms with Crippen molar-refractivity contribution in [1.29, 1.82) is 0 Å². The van der Waals surface area contributed by atoms with E-state index in [4.69, 9.17) is 0 Å². The van der Waals surface area contributed by atoms with Crippen LogP contribution in [0.4, 0.5) is 0 Å². The number of carbonyl (C=O) groups excluding carboxylic acids is 1. The molecule has 0 radical (unpaired) electrons. The Morgan fingerprint density at radius 1 is 1.06 bits per heavy atom. The van der Waals surface area contributed by atoms with Crippen molar-refractivity contribution in [2.45, 2.75) is 33.7 Å². The summed E-state index contributed by atoms with van der Waals surface area (Å²) >= 11 is 0. The van der Waals surface area contributed by atoms with Crippen LogP contribution in [0.2, 0.25) is 0 Å². The molecule has 0 atom stereocenters. The fourth-order valence-corrected chi connectivity index (χ4v) is 1.41. The van der Waals surface area contributed by atoms with Gasteiger partial charge in [0.05, 0.1) is 0 Å². The quantitative estimate of drug-likeness (QED) is 0.712. The molecule has 0 saturated heterocycles. The lowest BCUT2D eigenvalue weighted by Crippen LogP contribution is -2.22. The van der Waals surface area contributed by atoms with Gasteiger partial charge in [0.15, 0.2) is 5.78 Å². The van der Waals surface area contributed by atoms with E-state index in [9.17, 15) is 4.79 Å². The molecule has 0 N–H and O–H groups in total. The zero-order valence-corrected chi connectivity index (χ0v) is 10.4. The van der Waals surface area contributed by atoms with Crippen LogP contribution < -0.4 is 0 Å². The number of Topliss-reactive ketones (excluding diaryl/α,β-unsaturated/α-hetero) is 1. The third-order valence-electron chi connectivity index (χ3n) is 2.19. The minimum atomic E-state index is -0.0160. The summed E-state index contributed by atoms with van der Waals surface area (Å²) in [6.45, 7) is 7.77. The highest BCUT2D eigenvalue weighted by Crippen LogP contribution is 2.08. The van der Waals surface area contributed by atoms with Gasteiger partial charge in [-0.05, 0) is 13.8 Å². The van der Waals surface area contributed by atoms with Gasteiger partial charge in [0, 0.05) is 17.5 Å². The van der Waals surface area contributed by atoms with Gasteiger partial charge in [0.1, 0.15) is 5.71 Å². The molecule has 0 aliphatic heterocycles. The van der Waals surface area contributed by atoms with Crippen LogP contribution in [0.3, 0.4) is 0 Å². The molecule has 2 nitrogen and oxygen atoms in total. The Hall–Kier alpha value is -1.44. The van der Waals surface area contributed by atoms with Gasteiger partial charge in [0.25, 0.3) is 0 Å². The predicted molar refractivity (Wildman–Crippen MR) is 68.0 cm³/mol. The molecule has 0 bridgehead atoms. The van der Waals surface area contributed by atoms with Gasteiger partial charge in [0.2, 0.25) is 0 Å². The molecule has 0 aliphatic carbocycles. The Kier molecular flexibility index (Phi) is 4.41. The Morgan fingerprint density at radius 2 is 1.62 bits per heavy atom. The molecule has 0 fully saturated rings. The largest absolute Gasteiger partial charge is 0.292 e. The molecule has 0 unspecified atom stereocenters. The summed E-state index contributed by atoms with van der Waals surface area (Å²) in [4.78, 5) is 16.5. The first-order valence-corrected chi connectivity index (χ1v) is 5.69. The molecule has 0 amide bonds. The lowest BCUT2D eigenvalue weighted by molar-refractivity contribution is -0.115. The van der Waals surface area contributed by atoms with Crippen molar-refractivity contribution in [3.05, 3.63) is 35.9 Å². The van der Waals surface area contributed by atoms with Crippen molar-refractivity contribution < 1.29 is 4.79 Å². The highest BCUT2D eigenvalue weighted by atomic mass is 16.1. The molecule has 1 aromatic rings. The lowest BCUT2D eigenvalue weighted by atomic mass is 9.98. The number of aliphatic imine (C=N–C) groups is 1. The zero-order chi connectivity index (χ0) is 12.1. The number of carbonyl (C=O) groups is 1. The summed E-state index contributed by atoms with van der Waals surface area (Å²) in [6, 6.07) is 9.80. The van der Waals surface area contributed by atoms with Crippen LogP contribution in [0.1, 0.15) is 33.3 Å². The molecule has 0 spiro atoms. The van der Waals surface area contributed by atoms with E-state index in [1.54, 1.807) is 0 Å². The summed E-state index contributed by atoms with van der Waals surface area (Å²) in [5, 5.41) is 0. The molecule has 2 heteroatoms. The SMILES string of the molecule is CC(C)N=C(C(=O)C(C)C)c1ccccc1. The van der Waals surface area contributed by atoms with Crippen LogP contribution in [0.25, 0.3) is 0 Å². The van der Waals surface area contributed by atoms with Crippen molar-refractivity contribution in [3.8, 4) is 0 Å². The monoisotopic (exact) mass is 217 g/mol. The van der Waals surface area contributed by atoms with E-state index in [1.807, 2.05) is 58.0 Å². The smallest absolute Gasteiger partial charge is 0.183 e. The summed E-state index contributed by atoms with van der Waals surface area (Å²) in [6.07, 6.45) is 0. The fraction of sp³-hybridized carbons (Fsp3) is 0.429. The Bertz CT molecular complexity index is 377. The lowest BCUT2D eigenvalue weighted by Gasteiger charge is -2.10. The number of nitrogens with zero attached hydrogens (tertiary/aromatic N) is 1. The van der Waals surface area contributed by atoms with Crippen molar-refractivity contribution in [1.82, 2.24) is 0 Å². The van der Waals surface area contributed by atoms with Gasteiger partial charge in [-0.1, -0.05) is 44.2 Å². The first-order chi connectivity index (χ1) is 7.52. The first kappa shape index (κ1) is 12.6. The van der Waals surface area contributed by atoms with E-state index in [-0.39, 0.29) is 17.7 Å². The number of hydrogen-bond donors (Lipinski definition) is 0. The highest BCUT2D eigenvalue weighted by Gasteiger charge is 2.17. The Morgan fingerprint density at radius 3 is 2.06 bits per heavy atom. The van der Waals surface area contributed by atoms with Gasteiger partial charge in [-0.2, -0.15) is 0 Å². The second-order valence-corrected chi connectivity index (χ2v) is 4.46.